The van der Waals surface area contributed by atoms with Crippen LogP contribution in [0.2, 0.25) is 0 Å². The van der Waals surface area contributed by atoms with Crippen molar-refractivity contribution in [1.82, 2.24) is 10.6 Å². The van der Waals surface area contributed by atoms with Crippen molar-refractivity contribution in [2.45, 2.75) is 19.5 Å². The minimum Gasteiger partial charge on any atom is -0.497 e. The molecule has 0 aliphatic rings. The van der Waals surface area contributed by atoms with Gasteiger partial charge in [-0.25, -0.2) is 0 Å². The summed E-state index contributed by atoms with van der Waals surface area (Å²) in [6, 6.07) is 18.7. The van der Waals surface area contributed by atoms with Crippen LogP contribution in [0.1, 0.15) is 12.5 Å². The van der Waals surface area contributed by atoms with E-state index < -0.39 is 0 Å². The molecule has 0 fully saturated rings. The first-order valence-corrected chi connectivity index (χ1v) is 8.49. The monoisotopic (exact) mass is 340 g/mol. The maximum absolute atomic E-state index is 5.18. The zero-order valence-corrected chi connectivity index (χ0v) is 15.5. The summed E-state index contributed by atoms with van der Waals surface area (Å²) in [6.07, 6.45) is 0. The summed E-state index contributed by atoms with van der Waals surface area (Å²) in [5, 5.41) is 6.72. The van der Waals surface area contributed by atoms with Gasteiger partial charge < -0.3 is 20.3 Å². The Morgan fingerprint density at radius 2 is 1.76 bits per heavy atom. The van der Waals surface area contributed by atoms with E-state index in [-0.39, 0.29) is 0 Å². The number of guanidine groups is 1. The van der Waals surface area contributed by atoms with E-state index >= 15 is 0 Å². The van der Waals surface area contributed by atoms with Crippen molar-refractivity contribution in [3.63, 3.8) is 0 Å². The van der Waals surface area contributed by atoms with Crippen LogP contribution < -0.4 is 20.3 Å². The molecule has 1 unspecified atom stereocenters. The number of hydrogen-bond donors (Lipinski definition) is 2. The summed E-state index contributed by atoms with van der Waals surface area (Å²) in [6.45, 7) is 3.71. The molecular formula is C20H28N4O. The number of anilines is 1. The van der Waals surface area contributed by atoms with Crippen molar-refractivity contribution in [1.29, 1.82) is 0 Å². The van der Waals surface area contributed by atoms with Crippen LogP contribution in [0.3, 0.4) is 0 Å². The molecule has 0 aromatic heterocycles. The Morgan fingerprint density at radius 1 is 1.08 bits per heavy atom. The molecule has 2 aromatic rings. The topological polar surface area (TPSA) is 48.9 Å². The van der Waals surface area contributed by atoms with Crippen LogP contribution in [0, 0.1) is 0 Å². The molecule has 25 heavy (non-hydrogen) atoms. The van der Waals surface area contributed by atoms with Crippen LogP contribution in [-0.2, 0) is 6.54 Å². The van der Waals surface area contributed by atoms with Crippen molar-refractivity contribution in [3.05, 3.63) is 60.2 Å². The lowest BCUT2D eigenvalue weighted by molar-refractivity contribution is 0.414. The molecule has 0 spiro atoms. The van der Waals surface area contributed by atoms with Crippen LogP contribution in [0.15, 0.2) is 59.6 Å². The summed E-state index contributed by atoms with van der Waals surface area (Å²) in [7, 11) is 5.57. The molecule has 0 saturated carbocycles. The fourth-order valence-electron chi connectivity index (χ4n) is 2.45. The molecule has 0 bridgehead atoms. The zero-order valence-electron chi connectivity index (χ0n) is 15.5. The molecule has 0 amide bonds. The van der Waals surface area contributed by atoms with Crippen molar-refractivity contribution < 1.29 is 4.74 Å². The molecular weight excluding hydrogens is 312 g/mol. The summed E-state index contributed by atoms with van der Waals surface area (Å²) in [5.41, 5.74) is 2.39. The molecule has 0 radical (unpaired) electrons. The summed E-state index contributed by atoms with van der Waals surface area (Å²) in [5.74, 6) is 1.66. The maximum atomic E-state index is 5.18. The minimum absolute atomic E-state index is 0.335. The number of hydrogen-bond acceptors (Lipinski definition) is 3. The van der Waals surface area contributed by atoms with Crippen LogP contribution >= 0.6 is 0 Å². The quantitative estimate of drug-likeness (QED) is 0.601. The summed E-state index contributed by atoms with van der Waals surface area (Å²) >= 11 is 0. The average molecular weight is 340 g/mol. The van der Waals surface area contributed by atoms with Crippen molar-refractivity contribution in [3.8, 4) is 5.75 Å². The van der Waals surface area contributed by atoms with Gasteiger partial charge in [-0.05, 0) is 36.8 Å². The Labute approximate surface area is 150 Å². The van der Waals surface area contributed by atoms with Crippen molar-refractivity contribution in [2.75, 3.05) is 32.6 Å². The van der Waals surface area contributed by atoms with E-state index in [1.54, 1.807) is 14.2 Å². The van der Waals surface area contributed by atoms with Gasteiger partial charge in [0.05, 0.1) is 7.11 Å². The van der Waals surface area contributed by atoms with Gasteiger partial charge in [0.1, 0.15) is 5.75 Å². The fourth-order valence-corrected chi connectivity index (χ4v) is 2.45. The lowest BCUT2D eigenvalue weighted by Gasteiger charge is -2.27. The predicted molar refractivity (Wildman–Crippen MR) is 106 cm³/mol. The molecule has 0 heterocycles. The molecule has 1 atom stereocenters. The molecule has 0 aliphatic carbocycles. The summed E-state index contributed by atoms with van der Waals surface area (Å²) < 4.78 is 5.18. The highest BCUT2D eigenvalue weighted by Gasteiger charge is 2.10. The summed E-state index contributed by atoms with van der Waals surface area (Å²) in [4.78, 5) is 6.55. The number of likely N-dealkylation sites (N-methyl/N-ethyl adjacent to an activating group) is 1. The van der Waals surface area contributed by atoms with Crippen LogP contribution in [0.5, 0.6) is 5.75 Å². The second kappa shape index (κ2) is 9.57. The third kappa shape index (κ3) is 5.71. The first kappa shape index (κ1) is 18.6. The van der Waals surface area contributed by atoms with E-state index in [0.29, 0.717) is 12.6 Å². The van der Waals surface area contributed by atoms with Gasteiger partial charge in [0.25, 0.3) is 0 Å². The molecule has 5 heteroatoms. The standard InChI is InChI=1S/C20H28N4O/c1-16(24(3)18-8-6-5-7-9-18)14-22-20(21-2)23-15-17-10-12-19(25-4)13-11-17/h5-13,16H,14-15H2,1-4H3,(H2,21,22,23). The van der Waals surface area contributed by atoms with E-state index in [4.69, 9.17) is 4.74 Å². The van der Waals surface area contributed by atoms with Crippen molar-refractivity contribution >= 4 is 11.6 Å². The van der Waals surface area contributed by atoms with Crippen molar-refractivity contribution in [2.24, 2.45) is 4.99 Å². The minimum atomic E-state index is 0.335. The van der Waals surface area contributed by atoms with Crippen LogP contribution in [0.25, 0.3) is 0 Å². The fraction of sp³-hybridized carbons (Fsp3) is 0.350. The first-order valence-electron chi connectivity index (χ1n) is 8.49. The molecule has 134 valence electrons. The largest absolute Gasteiger partial charge is 0.497 e. The van der Waals surface area contributed by atoms with E-state index in [1.165, 1.54) is 11.3 Å². The van der Waals surface area contributed by atoms with Gasteiger partial charge in [0.2, 0.25) is 0 Å². The molecule has 5 nitrogen and oxygen atoms in total. The highest BCUT2D eigenvalue weighted by atomic mass is 16.5. The maximum Gasteiger partial charge on any atom is 0.191 e. The number of nitrogens with one attached hydrogen (secondary N) is 2. The van der Waals surface area contributed by atoms with Gasteiger partial charge in [-0.1, -0.05) is 30.3 Å². The van der Waals surface area contributed by atoms with E-state index in [2.05, 4.69) is 58.8 Å². The van der Waals surface area contributed by atoms with E-state index in [9.17, 15) is 0 Å². The third-order valence-electron chi connectivity index (χ3n) is 4.23. The highest BCUT2D eigenvalue weighted by Crippen LogP contribution is 2.13. The predicted octanol–water partition coefficient (Wildman–Crippen LogP) is 2.89. The Balaban J connectivity index is 1.81. The Morgan fingerprint density at radius 3 is 2.36 bits per heavy atom. The number of para-hydroxylation sites is 1. The number of benzene rings is 2. The normalized spacial score (nSPS) is 12.4. The van der Waals surface area contributed by atoms with Crippen LogP contribution in [-0.4, -0.2) is 39.8 Å². The Bertz CT molecular complexity index is 655. The van der Waals surface area contributed by atoms with Gasteiger partial charge in [-0.15, -0.1) is 0 Å². The van der Waals surface area contributed by atoms with Gasteiger partial charge in [0.15, 0.2) is 5.96 Å². The SMILES string of the molecule is CN=C(NCc1ccc(OC)cc1)NCC(C)N(C)c1ccccc1. The number of methoxy groups -OCH3 is 1. The van der Waals surface area contributed by atoms with Gasteiger partial charge >= 0.3 is 0 Å². The average Bonchev–Trinajstić information content (AvgIpc) is 2.68. The van der Waals surface area contributed by atoms with Gasteiger partial charge in [-0.3, -0.25) is 4.99 Å². The van der Waals surface area contributed by atoms with Crippen LogP contribution in [0.4, 0.5) is 5.69 Å². The highest BCUT2D eigenvalue weighted by molar-refractivity contribution is 5.79. The molecule has 2 aromatic carbocycles. The number of nitrogens with zero attached hydrogens (tertiary/aromatic N) is 2. The second-order valence-corrected chi connectivity index (χ2v) is 5.95. The molecule has 2 rings (SSSR count). The van der Waals surface area contributed by atoms with Gasteiger partial charge in [0, 0.05) is 38.9 Å². The number of aliphatic imine (C=N–C) groups is 1. The molecule has 2 N–H and O–H groups in total. The smallest absolute Gasteiger partial charge is 0.191 e. The Kier molecular flexibility index (Phi) is 7.14. The number of rotatable bonds is 7. The zero-order chi connectivity index (χ0) is 18.1. The third-order valence-corrected chi connectivity index (χ3v) is 4.23. The first-order chi connectivity index (χ1) is 12.1. The van der Waals surface area contributed by atoms with Gasteiger partial charge in [-0.2, -0.15) is 0 Å². The molecule has 0 saturated heterocycles. The van der Waals surface area contributed by atoms with E-state index in [1.807, 2.05) is 30.3 Å². The second-order valence-electron chi connectivity index (χ2n) is 5.95. The number of ether oxygens (including phenoxy) is 1. The lowest BCUT2D eigenvalue weighted by Crippen LogP contribution is -2.44. The molecule has 0 aliphatic heterocycles. The lowest BCUT2D eigenvalue weighted by atomic mass is 10.2. The van der Waals surface area contributed by atoms with E-state index in [0.717, 1.165) is 18.3 Å². The Hall–Kier alpha value is -2.69.